The molecule has 55 heavy (non-hydrogen) atoms. The molecule has 1 fully saturated rings. The smallest absolute Gasteiger partial charge is 0.394 e. The summed E-state index contributed by atoms with van der Waals surface area (Å²) in [6.07, 6.45) is 26.8. The number of carbonyl (C=O) groups excluding carboxylic acids is 1. The number of hydrogen-bond donors (Lipinski definition) is 6. The van der Waals surface area contributed by atoms with Gasteiger partial charge in [-0.15, -0.1) is 0 Å². The molecule has 1 saturated heterocycles. The number of amides is 1. The van der Waals surface area contributed by atoms with Crippen LogP contribution in [0.5, 0.6) is 0 Å². The molecule has 1 heterocycles. The largest absolute Gasteiger partial charge is 0.397 e. The summed E-state index contributed by atoms with van der Waals surface area (Å²) in [5, 5.41) is 44.6. The van der Waals surface area contributed by atoms with Crippen LogP contribution in [-0.2, 0) is 28.9 Å². The molecule has 0 radical (unpaired) electrons. The summed E-state index contributed by atoms with van der Waals surface area (Å²) >= 11 is 0. The van der Waals surface area contributed by atoms with E-state index < -0.39 is 59.9 Å². The number of ether oxygens (including phenoxy) is 2. The Morgan fingerprint density at radius 1 is 0.709 bits per heavy atom. The second-order valence-electron chi connectivity index (χ2n) is 15.6. The molecule has 1 amide bonds. The number of aliphatic hydroxyl groups is 4. The predicted molar refractivity (Wildman–Crippen MR) is 218 cm³/mol. The topological polar surface area (TPSA) is 192 Å². The maximum Gasteiger partial charge on any atom is 0.397 e. The first kappa shape index (κ1) is 51.9. The number of hydrogen-bond acceptors (Lipinski definition) is 10. The third-order valence-electron chi connectivity index (χ3n) is 10.6. The quantitative estimate of drug-likeness (QED) is 0.0203. The molecule has 1 aliphatic rings. The van der Waals surface area contributed by atoms with E-state index in [0.29, 0.717) is 6.42 Å². The van der Waals surface area contributed by atoms with Gasteiger partial charge in [-0.25, -0.2) is 4.18 Å². The summed E-state index contributed by atoms with van der Waals surface area (Å²) in [4.78, 5) is 13.0. The normalized spacial score (nSPS) is 21.6. The highest BCUT2D eigenvalue weighted by molar-refractivity contribution is 7.80. The first-order chi connectivity index (χ1) is 26.5. The minimum atomic E-state index is -5.08. The van der Waals surface area contributed by atoms with E-state index in [0.717, 1.165) is 38.5 Å². The molecule has 4 unspecified atom stereocenters. The summed E-state index contributed by atoms with van der Waals surface area (Å²) in [6.45, 7) is 3.37. The van der Waals surface area contributed by atoms with E-state index in [1.807, 2.05) is 6.08 Å². The highest BCUT2D eigenvalue weighted by Crippen LogP contribution is 2.26. The Labute approximate surface area is 334 Å². The Morgan fingerprint density at radius 2 is 1.15 bits per heavy atom. The van der Waals surface area contributed by atoms with Gasteiger partial charge in [0.15, 0.2) is 6.29 Å². The van der Waals surface area contributed by atoms with E-state index in [-0.39, 0.29) is 18.9 Å². The van der Waals surface area contributed by atoms with Gasteiger partial charge in [0.05, 0.1) is 25.4 Å². The highest BCUT2D eigenvalue weighted by Gasteiger charge is 2.48. The molecule has 0 bridgehead atoms. The van der Waals surface area contributed by atoms with Crippen LogP contribution in [0.15, 0.2) is 12.2 Å². The summed E-state index contributed by atoms with van der Waals surface area (Å²) in [5.41, 5.74) is 0. The fourth-order valence-electron chi connectivity index (χ4n) is 7.10. The Morgan fingerprint density at radius 3 is 1.58 bits per heavy atom. The maximum absolute atomic E-state index is 13.0. The van der Waals surface area contributed by atoms with Crippen molar-refractivity contribution in [1.82, 2.24) is 5.32 Å². The van der Waals surface area contributed by atoms with Crippen LogP contribution in [0.4, 0.5) is 0 Å². The van der Waals surface area contributed by atoms with Gasteiger partial charge >= 0.3 is 10.4 Å². The van der Waals surface area contributed by atoms with Crippen molar-refractivity contribution in [2.24, 2.45) is 0 Å². The molecule has 326 valence electrons. The van der Waals surface area contributed by atoms with Crippen LogP contribution < -0.4 is 5.32 Å². The van der Waals surface area contributed by atoms with Crippen LogP contribution in [0, 0.1) is 0 Å². The van der Waals surface area contributed by atoms with Crippen LogP contribution >= 0.6 is 0 Å². The summed E-state index contributed by atoms with van der Waals surface area (Å²) in [6, 6.07) is -0.936. The van der Waals surface area contributed by atoms with Crippen molar-refractivity contribution in [1.29, 1.82) is 0 Å². The standard InChI is InChI=1S/C42H81NO11S/c1-3-5-7-9-11-13-15-17-18-20-22-24-26-28-30-32-38(46)43-35(36(45)31-29-27-25-23-21-19-16-14-12-10-8-6-4-2)34-52-42-40(48)41(54-55(49,50)51)39(47)37(33-44)53-42/h29,31,35-37,39-42,44-45,47-48H,3-28,30,32-34H2,1-2H3,(H,43,46)(H,49,50,51)/b31-29+/t35?,36?,37-,39+,40?,41?,42-/m1/s1. The molecule has 12 nitrogen and oxygen atoms in total. The van der Waals surface area contributed by atoms with Crippen molar-refractivity contribution in [2.45, 2.75) is 236 Å². The Hall–Kier alpha value is -1.16. The highest BCUT2D eigenvalue weighted by atomic mass is 32.3. The lowest BCUT2D eigenvalue weighted by Gasteiger charge is -2.41. The van der Waals surface area contributed by atoms with Crippen molar-refractivity contribution >= 4 is 16.3 Å². The van der Waals surface area contributed by atoms with Crippen molar-refractivity contribution in [3.63, 3.8) is 0 Å². The molecular weight excluding hydrogens is 727 g/mol. The molecule has 1 aliphatic heterocycles. The zero-order valence-corrected chi connectivity index (χ0v) is 35.3. The van der Waals surface area contributed by atoms with Crippen LogP contribution in [0.2, 0.25) is 0 Å². The summed E-state index contributed by atoms with van der Waals surface area (Å²) in [7, 11) is -5.08. The van der Waals surface area contributed by atoms with Gasteiger partial charge in [-0.3, -0.25) is 9.35 Å². The lowest BCUT2D eigenvalue weighted by atomic mass is 9.99. The van der Waals surface area contributed by atoms with Gasteiger partial charge in [0.25, 0.3) is 0 Å². The van der Waals surface area contributed by atoms with E-state index >= 15 is 0 Å². The molecule has 6 N–H and O–H groups in total. The SMILES string of the molecule is CCCCCCCCCCCCC/C=C/C(O)C(CO[C@@H]1O[C@H](CO)[C@H](O)C(OS(=O)(=O)O)C1O)NC(=O)CCCCCCCCCCCCCCCCC. The maximum atomic E-state index is 13.0. The van der Waals surface area contributed by atoms with E-state index in [2.05, 4.69) is 23.3 Å². The van der Waals surface area contributed by atoms with Crippen molar-refractivity contribution in [3.05, 3.63) is 12.2 Å². The van der Waals surface area contributed by atoms with Crippen molar-refractivity contribution in [2.75, 3.05) is 13.2 Å². The Kier molecular flexibility index (Phi) is 31.8. The number of nitrogens with one attached hydrogen (secondary N) is 1. The fourth-order valence-corrected chi connectivity index (χ4v) is 7.61. The van der Waals surface area contributed by atoms with Crippen LogP contribution in [0.25, 0.3) is 0 Å². The number of unbranched alkanes of at least 4 members (excludes halogenated alkanes) is 25. The predicted octanol–water partition coefficient (Wildman–Crippen LogP) is 7.99. The summed E-state index contributed by atoms with van der Waals surface area (Å²) in [5.74, 6) is -0.262. The van der Waals surface area contributed by atoms with E-state index in [4.69, 9.17) is 14.0 Å². The molecular formula is C42H81NO11S. The fraction of sp³-hybridized carbons (Fsp3) is 0.929. The Bertz CT molecular complexity index is 1050. The van der Waals surface area contributed by atoms with Crippen molar-refractivity contribution in [3.8, 4) is 0 Å². The molecule has 0 aromatic rings. The van der Waals surface area contributed by atoms with Gasteiger partial charge < -0.3 is 35.2 Å². The van der Waals surface area contributed by atoms with E-state index in [1.54, 1.807) is 6.08 Å². The van der Waals surface area contributed by atoms with Gasteiger partial charge in [0.2, 0.25) is 5.91 Å². The van der Waals surface area contributed by atoms with Gasteiger partial charge in [0.1, 0.15) is 24.4 Å². The summed E-state index contributed by atoms with van der Waals surface area (Å²) < 4.78 is 47.5. The molecule has 0 aromatic carbocycles. The average Bonchev–Trinajstić information content (AvgIpc) is 3.15. The number of rotatable bonds is 37. The van der Waals surface area contributed by atoms with E-state index in [1.165, 1.54) is 128 Å². The first-order valence-corrected chi connectivity index (χ1v) is 23.4. The van der Waals surface area contributed by atoms with Crippen LogP contribution in [0.3, 0.4) is 0 Å². The van der Waals surface area contributed by atoms with Gasteiger partial charge in [-0.2, -0.15) is 8.42 Å². The zero-order chi connectivity index (χ0) is 40.6. The van der Waals surface area contributed by atoms with Crippen LogP contribution in [0.1, 0.15) is 194 Å². The molecule has 0 aliphatic carbocycles. The minimum absolute atomic E-state index is 0.262. The third-order valence-corrected chi connectivity index (χ3v) is 11.0. The van der Waals surface area contributed by atoms with Gasteiger partial charge in [-0.1, -0.05) is 180 Å². The third kappa shape index (κ3) is 27.2. The Balaban J connectivity index is 2.55. The molecule has 0 saturated carbocycles. The lowest BCUT2D eigenvalue weighted by Crippen LogP contribution is -2.61. The first-order valence-electron chi connectivity index (χ1n) is 22.1. The molecule has 0 aromatic heterocycles. The van der Waals surface area contributed by atoms with Gasteiger partial charge in [-0.05, 0) is 19.3 Å². The lowest BCUT2D eigenvalue weighted by molar-refractivity contribution is -0.298. The average molecular weight is 808 g/mol. The second-order valence-corrected chi connectivity index (χ2v) is 16.7. The van der Waals surface area contributed by atoms with Gasteiger partial charge in [0, 0.05) is 6.42 Å². The monoisotopic (exact) mass is 808 g/mol. The molecule has 7 atom stereocenters. The number of allylic oxidation sites excluding steroid dienone is 1. The minimum Gasteiger partial charge on any atom is -0.394 e. The van der Waals surface area contributed by atoms with Crippen molar-refractivity contribution < 1.29 is 51.8 Å². The number of carbonyl (C=O) groups is 1. The number of aliphatic hydroxyl groups excluding tert-OH is 4. The molecule has 1 rings (SSSR count). The zero-order valence-electron chi connectivity index (χ0n) is 34.5. The molecule has 0 spiro atoms. The second kappa shape index (κ2) is 33.8. The van der Waals surface area contributed by atoms with Crippen LogP contribution in [-0.4, -0.2) is 95.4 Å². The van der Waals surface area contributed by atoms with E-state index in [9.17, 15) is 33.6 Å². The molecule has 13 heteroatoms.